The number of carbonyl (C=O) groups excluding carboxylic acids is 2. The molecule has 0 saturated carbocycles. The molecule has 6 nitrogen and oxygen atoms in total. The summed E-state index contributed by atoms with van der Waals surface area (Å²) in [6, 6.07) is 14.4. The molecule has 2 aromatic rings. The number of amides is 1. The third-order valence-electron chi connectivity index (χ3n) is 4.18. The average molecular weight is 389 g/mol. The van der Waals surface area contributed by atoms with E-state index in [0.717, 1.165) is 11.4 Å². The number of ether oxygens (including phenoxy) is 2. The van der Waals surface area contributed by atoms with Crippen LogP contribution in [0.15, 0.2) is 48.5 Å². The largest absolute Gasteiger partial charge is 0.480 e. The fourth-order valence-corrected chi connectivity index (χ4v) is 3.05. The molecular weight excluding hydrogens is 368 g/mol. The van der Waals surface area contributed by atoms with Crippen LogP contribution in [-0.2, 0) is 14.3 Å². The quantitative estimate of drug-likeness (QED) is 0.767. The summed E-state index contributed by atoms with van der Waals surface area (Å²) < 4.78 is 10.6. The molecule has 0 saturated heterocycles. The summed E-state index contributed by atoms with van der Waals surface area (Å²) in [5, 5.41) is 3.65. The minimum atomic E-state index is -0.731. The molecule has 142 valence electrons. The molecule has 0 fully saturated rings. The van der Waals surface area contributed by atoms with Gasteiger partial charge in [-0.05, 0) is 38.1 Å². The highest BCUT2D eigenvalue weighted by Crippen LogP contribution is 2.34. The molecule has 3 rings (SSSR count). The van der Waals surface area contributed by atoms with Gasteiger partial charge < -0.3 is 19.7 Å². The van der Waals surface area contributed by atoms with Crippen LogP contribution in [-0.4, -0.2) is 37.2 Å². The number of nitrogens with one attached hydrogen (secondary N) is 1. The van der Waals surface area contributed by atoms with Crippen molar-refractivity contribution < 1.29 is 19.1 Å². The van der Waals surface area contributed by atoms with Crippen LogP contribution in [0.5, 0.6) is 5.75 Å². The van der Waals surface area contributed by atoms with E-state index in [2.05, 4.69) is 5.32 Å². The van der Waals surface area contributed by atoms with Gasteiger partial charge in [0.25, 0.3) is 5.91 Å². The number of anilines is 2. The van der Waals surface area contributed by atoms with E-state index in [9.17, 15) is 9.59 Å². The fraction of sp³-hybridized carbons (Fsp3) is 0.300. The number of hydrogen-bond acceptors (Lipinski definition) is 5. The van der Waals surface area contributed by atoms with Gasteiger partial charge in [-0.2, -0.15) is 0 Å². The lowest BCUT2D eigenvalue weighted by atomic mass is 9.98. The van der Waals surface area contributed by atoms with Gasteiger partial charge in [0.15, 0.2) is 6.61 Å². The van der Waals surface area contributed by atoms with Crippen LogP contribution >= 0.6 is 11.6 Å². The first kappa shape index (κ1) is 19.0. The summed E-state index contributed by atoms with van der Waals surface area (Å²) in [6.07, 6.45) is 0. The summed E-state index contributed by atoms with van der Waals surface area (Å²) in [5.74, 6) is -0.182. The number of nitrogens with zero attached hydrogens (tertiary/aromatic N) is 1. The second-order valence-corrected chi connectivity index (χ2v) is 7.07. The molecule has 0 aromatic heterocycles. The van der Waals surface area contributed by atoms with Gasteiger partial charge in [-0.15, -0.1) is 0 Å². The van der Waals surface area contributed by atoms with E-state index in [1.807, 2.05) is 38.1 Å². The standard InChI is InChI=1S/C20H21ClN2O4/c1-20(2)19(25)23(16-9-5-4-8-15(16)22-20)11-12-26-18(24)13-27-17-10-6-3-7-14(17)21/h3-10,22H,11-13H2,1-2H3. The Morgan fingerprint density at radius 1 is 1.15 bits per heavy atom. The van der Waals surface area contributed by atoms with Crippen molar-refractivity contribution in [1.29, 1.82) is 0 Å². The number of carbonyl (C=O) groups is 2. The molecule has 1 N–H and O–H groups in total. The lowest BCUT2D eigenvalue weighted by Crippen LogP contribution is -2.54. The van der Waals surface area contributed by atoms with Crippen LogP contribution < -0.4 is 15.0 Å². The molecule has 27 heavy (non-hydrogen) atoms. The third-order valence-corrected chi connectivity index (χ3v) is 4.49. The van der Waals surface area contributed by atoms with Crippen molar-refractivity contribution in [3.63, 3.8) is 0 Å². The highest BCUT2D eigenvalue weighted by atomic mass is 35.5. The summed E-state index contributed by atoms with van der Waals surface area (Å²) in [4.78, 5) is 26.3. The molecule has 1 aliphatic rings. The van der Waals surface area contributed by atoms with Crippen molar-refractivity contribution in [1.82, 2.24) is 0 Å². The van der Waals surface area contributed by atoms with E-state index >= 15 is 0 Å². The fourth-order valence-electron chi connectivity index (χ4n) is 2.86. The Balaban J connectivity index is 1.56. The Bertz CT molecular complexity index is 853. The van der Waals surface area contributed by atoms with Gasteiger partial charge in [0.1, 0.15) is 17.9 Å². The molecular formula is C20H21ClN2O4. The Morgan fingerprint density at radius 3 is 2.63 bits per heavy atom. The molecule has 0 spiro atoms. The van der Waals surface area contributed by atoms with Crippen molar-refractivity contribution in [2.24, 2.45) is 0 Å². The topological polar surface area (TPSA) is 67.9 Å². The molecule has 2 aromatic carbocycles. The van der Waals surface area contributed by atoms with Crippen LogP contribution in [0.3, 0.4) is 0 Å². The highest BCUT2D eigenvalue weighted by Gasteiger charge is 2.38. The van der Waals surface area contributed by atoms with Crippen LogP contribution in [0.2, 0.25) is 5.02 Å². The molecule has 1 amide bonds. The van der Waals surface area contributed by atoms with E-state index in [4.69, 9.17) is 21.1 Å². The molecule has 1 heterocycles. The van der Waals surface area contributed by atoms with E-state index in [-0.39, 0.29) is 25.7 Å². The minimum absolute atomic E-state index is 0.0703. The Labute approximate surface area is 163 Å². The number of halogens is 1. The smallest absolute Gasteiger partial charge is 0.344 e. The minimum Gasteiger partial charge on any atom is -0.480 e. The predicted octanol–water partition coefficient (Wildman–Crippen LogP) is 3.50. The lowest BCUT2D eigenvalue weighted by molar-refractivity contribution is -0.146. The van der Waals surface area contributed by atoms with Gasteiger partial charge in [0.2, 0.25) is 0 Å². The second-order valence-electron chi connectivity index (χ2n) is 6.66. The molecule has 0 radical (unpaired) electrons. The van der Waals surface area contributed by atoms with Gasteiger partial charge in [-0.1, -0.05) is 35.9 Å². The molecule has 0 unspecified atom stereocenters. The monoisotopic (exact) mass is 388 g/mol. The zero-order valence-corrected chi connectivity index (χ0v) is 16.0. The molecule has 0 atom stereocenters. The van der Waals surface area contributed by atoms with Crippen molar-refractivity contribution in [3.05, 3.63) is 53.6 Å². The molecule has 1 aliphatic heterocycles. The van der Waals surface area contributed by atoms with Crippen LogP contribution in [0.4, 0.5) is 11.4 Å². The molecule has 0 bridgehead atoms. The van der Waals surface area contributed by atoms with E-state index in [1.54, 1.807) is 29.2 Å². The number of fused-ring (bicyclic) bond motifs is 1. The van der Waals surface area contributed by atoms with E-state index < -0.39 is 11.5 Å². The van der Waals surface area contributed by atoms with Crippen LogP contribution in [0, 0.1) is 0 Å². The summed E-state index contributed by atoms with van der Waals surface area (Å²) in [5.41, 5.74) is 0.909. The zero-order chi connectivity index (χ0) is 19.4. The number of benzene rings is 2. The predicted molar refractivity (Wildman–Crippen MR) is 104 cm³/mol. The Kier molecular flexibility index (Phi) is 5.56. The maximum absolute atomic E-state index is 12.7. The zero-order valence-electron chi connectivity index (χ0n) is 15.2. The van der Waals surface area contributed by atoms with Gasteiger partial charge in [-0.3, -0.25) is 4.79 Å². The van der Waals surface area contributed by atoms with Crippen LogP contribution in [0.1, 0.15) is 13.8 Å². The van der Waals surface area contributed by atoms with Crippen molar-refractivity contribution in [2.45, 2.75) is 19.4 Å². The first-order valence-corrected chi connectivity index (χ1v) is 8.98. The second kappa shape index (κ2) is 7.88. The number of esters is 1. The van der Waals surface area contributed by atoms with Gasteiger partial charge >= 0.3 is 5.97 Å². The maximum atomic E-state index is 12.7. The SMILES string of the molecule is CC1(C)Nc2ccccc2N(CCOC(=O)COc2ccccc2Cl)C1=O. The van der Waals surface area contributed by atoms with Crippen molar-refractivity contribution >= 4 is 34.9 Å². The van der Waals surface area contributed by atoms with Crippen molar-refractivity contribution in [3.8, 4) is 5.75 Å². The van der Waals surface area contributed by atoms with Gasteiger partial charge in [0.05, 0.1) is 22.9 Å². The lowest BCUT2D eigenvalue weighted by Gasteiger charge is -2.39. The highest BCUT2D eigenvalue weighted by molar-refractivity contribution is 6.32. The van der Waals surface area contributed by atoms with E-state index in [1.165, 1.54) is 0 Å². The van der Waals surface area contributed by atoms with Crippen molar-refractivity contribution in [2.75, 3.05) is 30.0 Å². The molecule has 0 aliphatic carbocycles. The Morgan fingerprint density at radius 2 is 1.85 bits per heavy atom. The number of para-hydroxylation sites is 3. The van der Waals surface area contributed by atoms with Gasteiger partial charge in [-0.25, -0.2) is 4.79 Å². The first-order chi connectivity index (χ1) is 12.9. The number of rotatable bonds is 6. The average Bonchev–Trinajstić information content (AvgIpc) is 2.64. The maximum Gasteiger partial charge on any atom is 0.344 e. The summed E-state index contributed by atoms with van der Waals surface area (Å²) in [7, 11) is 0. The normalized spacial score (nSPS) is 14.9. The first-order valence-electron chi connectivity index (χ1n) is 8.60. The van der Waals surface area contributed by atoms with E-state index in [0.29, 0.717) is 10.8 Å². The van der Waals surface area contributed by atoms with Gasteiger partial charge in [0, 0.05) is 0 Å². The summed E-state index contributed by atoms with van der Waals surface area (Å²) in [6.45, 7) is 3.73. The third kappa shape index (κ3) is 4.34. The molecule has 7 heteroatoms. The Hall–Kier alpha value is -2.73. The number of hydrogen-bond donors (Lipinski definition) is 1. The summed E-state index contributed by atoms with van der Waals surface area (Å²) >= 11 is 5.98. The van der Waals surface area contributed by atoms with Crippen LogP contribution in [0.25, 0.3) is 0 Å².